The second-order valence-corrected chi connectivity index (χ2v) is 5.54. The molecule has 2 rings (SSSR count). The van der Waals surface area contributed by atoms with Gasteiger partial charge in [0.15, 0.2) is 0 Å². The van der Waals surface area contributed by atoms with E-state index in [1.807, 2.05) is 0 Å². The SMILES string of the molecule is O=C(O)CC1(NC(=O)CC2=CCCCC2)CCC1. The minimum absolute atomic E-state index is 0.0101. The minimum atomic E-state index is -0.827. The van der Waals surface area contributed by atoms with Gasteiger partial charge in [-0.1, -0.05) is 11.6 Å². The van der Waals surface area contributed by atoms with Crippen molar-refractivity contribution < 1.29 is 14.7 Å². The molecule has 4 heteroatoms. The summed E-state index contributed by atoms with van der Waals surface area (Å²) >= 11 is 0. The molecule has 0 aromatic heterocycles. The first-order valence-corrected chi connectivity index (χ1v) is 6.80. The summed E-state index contributed by atoms with van der Waals surface area (Å²) in [6.45, 7) is 0. The summed E-state index contributed by atoms with van der Waals surface area (Å²) in [6, 6.07) is 0. The van der Waals surface area contributed by atoms with Gasteiger partial charge in [-0.15, -0.1) is 0 Å². The van der Waals surface area contributed by atoms with Crippen LogP contribution in [0, 0.1) is 0 Å². The maximum absolute atomic E-state index is 12.0. The lowest BCUT2D eigenvalue weighted by Gasteiger charge is -2.41. The fourth-order valence-corrected chi connectivity index (χ4v) is 2.85. The number of aliphatic carboxylic acids is 1. The van der Waals surface area contributed by atoms with Crippen LogP contribution in [0.3, 0.4) is 0 Å². The molecule has 1 saturated carbocycles. The van der Waals surface area contributed by atoms with E-state index in [1.165, 1.54) is 18.4 Å². The molecule has 1 fully saturated rings. The van der Waals surface area contributed by atoms with Crippen molar-refractivity contribution in [3.63, 3.8) is 0 Å². The highest BCUT2D eigenvalue weighted by Gasteiger charge is 2.40. The van der Waals surface area contributed by atoms with Crippen LogP contribution in [0.15, 0.2) is 11.6 Å². The predicted octanol–water partition coefficient (Wildman–Crippen LogP) is 2.39. The van der Waals surface area contributed by atoms with E-state index >= 15 is 0 Å². The lowest BCUT2D eigenvalue weighted by Crippen LogP contribution is -2.54. The summed E-state index contributed by atoms with van der Waals surface area (Å²) in [7, 11) is 0. The number of rotatable bonds is 5. The highest BCUT2D eigenvalue weighted by molar-refractivity contribution is 5.80. The molecule has 2 N–H and O–H groups in total. The molecule has 0 saturated heterocycles. The lowest BCUT2D eigenvalue weighted by molar-refractivity contribution is -0.140. The summed E-state index contributed by atoms with van der Waals surface area (Å²) in [5.41, 5.74) is 0.751. The van der Waals surface area contributed by atoms with Gasteiger partial charge in [-0.05, 0) is 44.9 Å². The molecule has 0 aliphatic heterocycles. The molecule has 2 aliphatic carbocycles. The van der Waals surface area contributed by atoms with Gasteiger partial charge in [0.25, 0.3) is 0 Å². The number of amides is 1. The van der Waals surface area contributed by atoms with Crippen molar-refractivity contribution >= 4 is 11.9 Å². The number of carboxylic acid groups (broad SMARTS) is 1. The van der Waals surface area contributed by atoms with Crippen LogP contribution in [0.4, 0.5) is 0 Å². The summed E-state index contributed by atoms with van der Waals surface area (Å²) < 4.78 is 0. The van der Waals surface area contributed by atoms with E-state index in [-0.39, 0.29) is 12.3 Å². The minimum Gasteiger partial charge on any atom is -0.481 e. The maximum atomic E-state index is 12.0. The normalized spacial score (nSPS) is 21.7. The van der Waals surface area contributed by atoms with Crippen molar-refractivity contribution in [2.24, 2.45) is 0 Å². The van der Waals surface area contributed by atoms with Gasteiger partial charge in [-0.3, -0.25) is 9.59 Å². The molecule has 0 heterocycles. The molecule has 0 atom stereocenters. The van der Waals surface area contributed by atoms with Gasteiger partial charge in [-0.25, -0.2) is 0 Å². The molecular formula is C14H21NO3. The van der Waals surface area contributed by atoms with Gasteiger partial charge in [0.05, 0.1) is 12.0 Å². The maximum Gasteiger partial charge on any atom is 0.305 e. The van der Waals surface area contributed by atoms with Crippen LogP contribution in [-0.4, -0.2) is 22.5 Å². The fraction of sp³-hybridized carbons (Fsp3) is 0.714. The van der Waals surface area contributed by atoms with Crippen molar-refractivity contribution in [3.05, 3.63) is 11.6 Å². The van der Waals surface area contributed by atoms with Crippen molar-refractivity contribution in [1.29, 1.82) is 0 Å². The van der Waals surface area contributed by atoms with Gasteiger partial charge < -0.3 is 10.4 Å². The number of hydrogen-bond donors (Lipinski definition) is 2. The average Bonchev–Trinajstić information content (AvgIpc) is 2.26. The highest BCUT2D eigenvalue weighted by atomic mass is 16.4. The second-order valence-electron chi connectivity index (χ2n) is 5.54. The number of nitrogens with one attached hydrogen (secondary N) is 1. The van der Waals surface area contributed by atoms with Crippen molar-refractivity contribution in [2.75, 3.05) is 0 Å². The standard InChI is InChI=1S/C14H21NO3/c16-12(9-11-5-2-1-3-6-11)15-14(7-4-8-14)10-13(17)18/h5H,1-4,6-10H2,(H,15,16)(H,17,18). The Balaban J connectivity index is 1.85. The molecule has 2 aliphatic rings. The zero-order chi connectivity index (χ0) is 13.0. The molecule has 1 amide bonds. The number of carbonyl (C=O) groups is 2. The van der Waals surface area contributed by atoms with Crippen molar-refractivity contribution in [2.45, 2.75) is 63.3 Å². The summed E-state index contributed by atoms with van der Waals surface area (Å²) in [6.07, 6.45) is 9.73. The average molecular weight is 251 g/mol. The topological polar surface area (TPSA) is 66.4 Å². The Morgan fingerprint density at radius 1 is 1.28 bits per heavy atom. The first-order chi connectivity index (χ1) is 8.60. The molecule has 4 nitrogen and oxygen atoms in total. The molecule has 18 heavy (non-hydrogen) atoms. The molecular weight excluding hydrogens is 230 g/mol. The van der Waals surface area contributed by atoms with Crippen LogP contribution < -0.4 is 5.32 Å². The third-order valence-corrected chi connectivity index (χ3v) is 3.98. The summed E-state index contributed by atoms with van der Waals surface area (Å²) in [5.74, 6) is -0.837. The van der Waals surface area contributed by atoms with Gasteiger partial charge in [-0.2, -0.15) is 0 Å². The number of carbonyl (C=O) groups excluding carboxylic acids is 1. The molecule has 0 spiro atoms. The third-order valence-electron chi connectivity index (χ3n) is 3.98. The van der Waals surface area contributed by atoms with E-state index in [0.717, 1.165) is 32.1 Å². The Bertz CT molecular complexity index is 369. The van der Waals surface area contributed by atoms with Gasteiger partial charge in [0, 0.05) is 6.42 Å². The summed E-state index contributed by atoms with van der Waals surface area (Å²) in [4.78, 5) is 22.8. The largest absolute Gasteiger partial charge is 0.481 e. The van der Waals surface area contributed by atoms with Crippen molar-refractivity contribution in [3.8, 4) is 0 Å². The van der Waals surface area contributed by atoms with Crippen LogP contribution in [0.5, 0.6) is 0 Å². The van der Waals surface area contributed by atoms with Gasteiger partial charge in [0.2, 0.25) is 5.91 Å². The first kappa shape index (κ1) is 13.1. The number of allylic oxidation sites excluding steroid dienone is 1. The predicted molar refractivity (Wildman–Crippen MR) is 68.1 cm³/mol. The number of carboxylic acids is 1. The quantitative estimate of drug-likeness (QED) is 0.737. The second kappa shape index (κ2) is 5.55. The zero-order valence-corrected chi connectivity index (χ0v) is 10.7. The molecule has 0 radical (unpaired) electrons. The molecule has 0 aromatic carbocycles. The highest BCUT2D eigenvalue weighted by Crippen LogP contribution is 2.35. The van der Waals surface area contributed by atoms with E-state index in [0.29, 0.717) is 6.42 Å². The monoisotopic (exact) mass is 251 g/mol. The third kappa shape index (κ3) is 3.34. The Morgan fingerprint density at radius 2 is 2.06 bits per heavy atom. The number of hydrogen-bond acceptors (Lipinski definition) is 2. The Hall–Kier alpha value is -1.32. The zero-order valence-electron chi connectivity index (χ0n) is 10.7. The smallest absolute Gasteiger partial charge is 0.305 e. The Labute approximate surface area is 107 Å². The molecule has 100 valence electrons. The molecule has 0 bridgehead atoms. The van der Waals surface area contributed by atoms with Crippen LogP contribution in [0.25, 0.3) is 0 Å². The van der Waals surface area contributed by atoms with Gasteiger partial charge >= 0.3 is 5.97 Å². The Morgan fingerprint density at radius 3 is 2.56 bits per heavy atom. The van der Waals surface area contributed by atoms with E-state index < -0.39 is 11.5 Å². The fourth-order valence-electron chi connectivity index (χ4n) is 2.85. The first-order valence-electron chi connectivity index (χ1n) is 6.80. The lowest BCUT2D eigenvalue weighted by atomic mass is 9.74. The van der Waals surface area contributed by atoms with E-state index in [1.54, 1.807) is 0 Å². The van der Waals surface area contributed by atoms with E-state index in [4.69, 9.17) is 5.11 Å². The van der Waals surface area contributed by atoms with Crippen LogP contribution >= 0.6 is 0 Å². The van der Waals surface area contributed by atoms with E-state index in [2.05, 4.69) is 11.4 Å². The molecule has 0 unspecified atom stereocenters. The molecule has 0 aromatic rings. The van der Waals surface area contributed by atoms with Crippen LogP contribution in [-0.2, 0) is 9.59 Å². The summed E-state index contributed by atoms with van der Waals surface area (Å²) in [5, 5.41) is 11.8. The van der Waals surface area contributed by atoms with Gasteiger partial charge in [0.1, 0.15) is 0 Å². The Kier molecular flexibility index (Phi) is 4.04. The van der Waals surface area contributed by atoms with Crippen LogP contribution in [0.2, 0.25) is 0 Å². The van der Waals surface area contributed by atoms with E-state index in [9.17, 15) is 9.59 Å². The van der Waals surface area contributed by atoms with Crippen LogP contribution in [0.1, 0.15) is 57.8 Å². The van der Waals surface area contributed by atoms with Crippen molar-refractivity contribution in [1.82, 2.24) is 5.32 Å².